The molecule has 2 saturated carbocycles. The Hall–Kier alpha value is -1.64. The minimum atomic E-state index is -0.800. The lowest BCUT2D eigenvalue weighted by molar-refractivity contribution is -0.142. The first-order chi connectivity index (χ1) is 9.37. The molecular formula is C17H20O3. The second kappa shape index (κ2) is 4.18. The smallest absolute Gasteiger partial charge is 0.307 e. The van der Waals surface area contributed by atoms with Crippen molar-refractivity contribution in [1.29, 1.82) is 0 Å². The average Bonchev–Trinajstić information content (AvgIpc) is 2.89. The Morgan fingerprint density at radius 3 is 2.40 bits per heavy atom. The number of carboxylic acid groups (broad SMARTS) is 1. The Bertz CT molecular complexity index is 594. The van der Waals surface area contributed by atoms with Crippen LogP contribution in [0.3, 0.4) is 0 Å². The zero-order valence-electron chi connectivity index (χ0n) is 12.2. The first-order valence-corrected chi connectivity index (χ1v) is 7.20. The predicted octanol–water partition coefficient (Wildman–Crippen LogP) is 2.83. The van der Waals surface area contributed by atoms with Gasteiger partial charge in [-0.05, 0) is 56.2 Å². The van der Waals surface area contributed by atoms with Gasteiger partial charge in [0.05, 0.1) is 11.3 Å². The van der Waals surface area contributed by atoms with Crippen molar-refractivity contribution in [2.24, 2.45) is 17.3 Å². The van der Waals surface area contributed by atoms with E-state index in [1.165, 1.54) is 22.3 Å². The Kier molecular flexibility index (Phi) is 2.79. The quantitative estimate of drug-likeness (QED) is 0.920. The molecule has 1 aromatic rings. The van der Waals surface area contributed by atoms with E-state index in [2.05, 4.69) is 32.9 Å². The summed E-state index contributed by atoms with van der Waals surface area (Å²) in [7, 11) is 0. The Balaban J connectivity index is 1.99. The molecule has 0 spiro atoms. The van der Waals surface area contributed by atoms with Gasteiger partial charge >= 0.3 is 5.97 Å². The van der Waals surface area contributed by atoms with Crippen molar-refractivity contribution < 1.29 is 14.7 Å². The standard InChI is InChI=1S/C17H20O3/c1-9-6-10(2)12(11(3)7-9)8-17-13(4-5-14(17)18)15(17)16(19)20/h6-7,13,15H,4-5,8H2,1-3H3,(H,19,20)/t13-,15-,17-/m0/s1. The van der Waals surface area contributed by atoms with Gasteiger partial charge in [0.2, 0.25) is 0 Å². The molecule has 3 atom stereocenters. The van der Waals surface area contributed by atoms with E-state index in [0.717, 1.165) is 6.42 Å². The number of benzene rings is 1. The average molecular weight is 272 g/mol. The van der Waals surface area contributed by atoms with E-state index in [1.807, 2.05) is 0 Å². The number of fused-ring (bicyclic) bond motifs is 1. The van der Waals surface area contributed by atoms with E-state index >= 15 is 0 Å². The van der Waals surface area contributed by atoms with Crippen LogP contribution < -0.4 is 0 Å². The summed E-state index contributed by atoms with van der Waals surface area (Å²) in [6.07, 6.45) is 1.91. The van der Waals surface area contributed by atoms with Crippen LogP contribution in [-0.4, -0.2) is 16.9 Å². The van der Waals surface area contributed by atoms with Crippen LogP contribution in [0.1, 0.15) is 35.1 Å². The SMILES string of the molecule is Cc1cc(C)c(C[C@@]23C(=O)CC[C@H]2[C@H]3C(=O)O)c(C)c1. The molecule has 0 unspecified atom stereocenters. The fourth-order valence-corrected chi connectivity index (χ4v) is 4.36. The van der Waals surface area contributed by atoms with Crippen LogP contribution in [0.2, 0.25) is 0 Å². The maximum absolute atomic E-state index is 12.3. The van der Waals surface area contributed by atoms with Gasteiger partial charge in [-0.1, -0.05) is 17.7 Å². The molecule has 1 N–H and O–H groups in total. The second-order valence-electron chi connectivity index (χ2n) is 6.48. The van der Waals surface area contributed by atoms with Crippen molar-refractivity contribution >= 4 is 11.8 Å². The van der Waals surface area contributed by atoms with Crippen LogP contribution >= 0.6 is 0 Å². The third-order valence-corrected chi connectivity index (χ3v) is 5.29. The van der Waals surface area contributed by atoms with Gasteiger partial charge in [0.1, 0.15) is 5.78 Å². The number of carbonyl (C=O) groups excluding carboxylic acids is 1. The summed E-state index contributed by atoms with van der Waals surface area (Å²) in [5, 5.41) is 9.35. The molecule has 106 valence electrons. The van der Waals surface area contributed by atoms with E-state index in [9.17, 15) is 14.7 Å². The van der Waals surface area contributed by atoms with Crippen molar-refractivity contribution in [3.63, 3.8) is 0 Å². The van der Waals surface area contributed by atoms with Crippen molar-refractivity contribution in [3.8, 4) is 0 Å². The van der Waals surface area contributed by atoms with Crippen LogP contribution in [0.4, 0.5) is 0 Å². The van der Waals surface area contributed by atoms with Gasteiger partial charge < -0.3 is 5.11 Å². The maximum atomic E-state index is 12.3. The van der Waals surface area contributed by atoms with Gasteiger partial charge in [-0.15, -0.1) is 0 Å². The lowest BCUT2D eigenvalue weighted by Crippen LogP contribution is -2.23. The van der Waals surface area contributed by atoms with Crippen molar-refractivity contribution in [2.45, 2.75) is 40.0 Å². The third kappa shape index (κ3) is 1.65. The Labute approximate surface area is 119 Å². The number of aliphatic carboxylic acids is 1. The fraction of sp³-hybridized carbons (Fsp3) is 0.529. The fourth-order valence-electron chi connectivity index (χ4n) is 4.36. The first kappa shape index (κ1) is 13.3. The summed E-state index contributed by atoms with van der Waals surface area (Å²) in [6.45, 7) is 6.17. The summed E-state index contributed by atoms with van der Waals surface area (Å²) < 4.78 is 0. The Morgan fingerprint density at radius 2 is 1.90 bits per heavy atom. The molecular weight excluding hydrogens is 252 g/mol. The summed E-state index contributed by atoms with van der Waals surface area (Å²) >= 11 is 0. The lowest BCUT2D eigenvalue weighted by atomic mass is 9.85. The van der Waals surface area contributed by atoms with Gasteiger partial charge in [-0.2, -0.15) is 0 Å². The molecule has 2 aliphatic carbocycles. The van der Waals surface area contributed by atoms with Gasteiger partial charge in [0.25, 0.3) is 0 Å². The highest BCUT2D eigenvalue weighted by Gasteiger charge is 2.74. The van der Waals surface area contributed by atoms with Gasteiger partial charge in [0.15, 0.2) is 0 Å². The Morgan fingerprint density at radius 1 is 1.30 bits per heavy atom. The number of carbonyl (C=O) groups is 2. The zero-order chi connectivity index (χ0) is 14.7. The largest absolute Gasteiger partial charge is 0.481 e. The molecule has 20 heavy (non-hydrogen) atoms. The van der Waals surface area contributed by atoms with Crippen molar-refractivity contribution in [3.05, 3.63) is 34.4 Å². The van der Waals surface area contributed by atoms with E-state index in [0.29, 0.717) is 12.8 Å². The molecule has 3 heteroatoms. The maximum Gasteiger partial charge on any atom is 0.307 e. The molecule has 1 aromatic carbocycles. The number of ketones is 1. The number of aryl methyl sites for hydroxylation is 3. The number of rotatable bonds is 3. The highest BCUT2D eigenvalue weighted by molar-refractivity contribution is 5.98. The second-order valence-corrected chi connectivity index (χ2v) is 6.48. The number of Topliss-reactive ketones (excluding diaryl/α,β-unsaturated/α-hetero) is 1. The first-order valence-electron chi connectivity index (χ1n) is 7.20. The molecule has 3 rings (SSSR count). The zero-order valence-corrected chi connectivity index (χ0v) is 12.2. The monoisotopic (exact) mass is 272 g/mol. The van der Waals surface area contributed by atoms with Gasteiger partial charge in [-0.3, -0.25) is 9.59 Å². The van der Waals surface area contributed by atoms with Crippen LogP contribution in [0.5, 0.6) is 0 Å². The minimum absolute atomic E-state index is 0.0626. The molecule has 0 heterocycles. The summed E-state index contributed by atoms with van der Waals surface area (Å²) in [5.74, 6) is -1.03. The lowest BCUT2D eigenvalue weighted by Gasteiger charge is -2.17. The molecule has 2 fully saturated rings. The highest BCUT2D eigenvalue weighted by Crippen LogP contribution is 2.68. The van der Waals surface area contributed by atoms with Crippen LogP contribution in [0, 0.1) is 38.0 Å². The van der Waals surface area contributed by atoms with Crippen LogP contribution in [0.15, 0.2) is 12.1 Å². The molecule has 3 nitrogen and oxygen atoms in total. The summed E-state index contributed by atoms with van der Waals surface area (Å²) in [5.41, 5.74) is 4.12. The summed E-state index contributed by atoms with van der Waals surface area (Å²) in [6, 6.07) is 4.23. The van der Waals surface area contributed by atoms with E-state index < -0.39 is 17.3 Å². The molecule has 0 radical (unpaired) electrons. The number of carboxylic acids is 1. The summed E-state index contributed by atoms with van der Waals surface area (Å²) in [4.78, 5) is 23.7. The molecule has 0 aromatic heterocycles. The van der Waals surface area contributed by atoms with Gasteiger partial charge in [-0.25, -0.2) is 0 Å². The van der Waals surface area contributed by atoms with Crippen molar-refractivity contribution in [2.75, 3.05) is 0 Å². The van der Waals surface area contributed by atoms with E-state index in [-0.39, 0.29) is 11.7 Å². The van der Waals surface area contributed by atoms with Crippen LogP contribution in [0.25, 0.3) is 0 Å². The van der Waals surface area contributed by atoms with E-state index in [4.69, 9.17) is 0 Å². The predicted molar refractivity (Wildman–Crippen MR) is 75.6 cm³/mol. The molecule has 0 aliphatic heterocycles. The number of hydrogen-bond donors (Lipinski definition) is 1. The topological polar surface area (TPSA) is 54.4 Å². The van der Waals surface area contributed by atoms with Crippen LogP contribution in [-0.2, 0) is 16.0 Å². The number of hydrogen-bond acceptors (Lipinski definition) is 2. The molecule has 2 aliphatic rings. The molecule has 0 bridgehead atoms. The minimum Gasteiger partial charge on any atom is -0.481 e. The normalized spacial score (nSPS) is 31.2. The third-order valence-electron chi connectivity index (χ3n) is 5.29. The molecule has 0 saturated heterocycles. The van der Waals surface area contributed by atoms with E-state index in [1.54, 1.807) is 0 Å². The van der Waals surface area contributed by atoms with Gasteiger partial charge in [0, 0.05) is 6.42 Å². The highest BCUT2D eigenvalue weighted by atomic mass is 16.4. The van der Waals surface area contributed by atoms with Crippen molar-refractivity contribution in [1.82, 2.24) is 0 Å². The molecule has 0 amide bonds.